The fourth-order valence-corrected chi connectivity index (χ4v) is 4.63. The van der Waals surface area contributed by atoms with E-state index < -0.39 is 5.97 Å². The number of methoxy groups -OCH3 is 1. The van der Waals surface area contributed by atoms with E-state index >= 15 is 0 Å². The number of hydrogen-bond acceptors (Lipinski definition) is 6. The zero-order valence-electron chi connectivity index (χ0n) is 19.7. The molecule has 2 aromatic rings. The van der Waals surface area contributed by atoms with Gasteiger partial charge < -0.3 is 24.8 Å². The van der Waals surface area contributed by atoms with Gasteiger partial charge in [-0.1, -0.05) is 0 Å². The van der Waals surface area contributed by atoms with Crippen molar-refractivity contribution in [3.8, 4) is 5.75 Å². The number of rotatable bonds is 8. The van der Waals surface area contributed by atoms with E-state index in [9.17, 15) is 14.7 Å². The van der Waals surface area contributed by atoms with Crippen LogP contribution in [0.2, 0.25) is 0 Å². The molecule has 0 radical (unpaired) electrons. The number of carboxylic acid groups (broad SMARTS) is 1. The maximum Gasteiger partial charge on any atom is 0.335 e. The Kier molecular flexibility index (Phi) is 8.03. The van der Waals surface area contributed by atoms with Crippen molar-refractivity contribution in [1.82, 2.24) is 4.90 Å². The average Bonchev–Trinajstić information content (AvgIpc) is 2.88. The Bertz CT molecular complexity index is 980. The quantitative estimate of drug-likeness (QED) is 0.613. The highest BCUT2D eigenvalue weighted by Gasteiger charge is 2.23. The van der Waals surface area contributed by atoms with Crippen LogP contribution in [0.3, 0.4) is 0 Å². The first-order chi connectivity index (χ1) is 16.5. The predicted molar refractivity (Wildman–Crippen MR) is 131 cm³/mol. The number of aromatic carboxylic acids is 1. The van der Waals surface area contributed by atoms with Crippen LogP contribution in [0, 0.1) is 5.92 Å². The van der Waals surface area contributed by atoms with E-state index in [1.54, 1.807) is 49.6 Å². The van der Waals surface area contributed by atoms with Gasteiger partial charge in [-0.2, -0.15) is 0 Å². The third-order valence-corrected chi connectivity index (χ3v) is 6.76. The summed E-state index contributed by atoms with van der Waals surface area (Å²) in [4.78, 5) is 29.2. The SMILES string of the molecule is COc1ccc(C(=O)Nc2cc(C(=O)O)ccc2N2CCC(CCN3CCOCC3)CC2)cc1. The van der Waals surface area contributed by atoms with Gasteiger partial charge in [0, 0.05) is 31.7 Å². The van der Waals surface area contributed by atoms with E-state index in [-0.39, 0.29) is 11.5 Å². The number of carbonyl (C=O) groups excluding carboxylic acids is 1. The fraction of sp³-hybridized carbons (Fsp3) is 0.462. The Balaban J connectivity index is 1.41. The zero-order valence-corrected chi connectivity index (χ0v) is 19.7. The molecule has 8 heteroatoms. The lowest BCUT2D eigenvalue weighted by molar-refractivity contribution is 0.0349. The molecule has 0 aromatic heterocycles. The van der Waals surface area contributed by atoms with Crippen molar-refractivity contribution in [2.24, 2.45) is 5.92 Å². The van der Waals surface area contributed by atoms with Crippen LogP contribution in [0.1, 0.15) is 40.0 Å². The monoisotopic (exact) mass is 467 g/mol. The molecule has 2 N–H and O–H groups in total. The molecule has 0 atom stereocenters. The van der Waals surface area contributed by atoms with Crippen LogP contribution in [0.5, 0.6) is 5.75 Å². The number of nitrogens with one attached hydrogen (secondary N) is 1. The van der Waals surface area contributed by atoms with Crippen LogP contribution in [0.25, 0.3) is 0 Å². The number of anilines is 2. The van der Waals surface area contributed by atoms with Crippen LogP contribution in [-0.4, -0.2) is 74.9 Å². The van der Waals surface area contributed by atoms with Gasteiger partial charge in [-0.25, -0.2) is 4.79 Å². The lowest BCUT2D eigenvalue weighted by Crippen LogP contribution is -2.39. The molecule has 0 saturated carbocycles. The lowest BCUT2D eigenvalue weighted by atomic mass is 9.92. The van der Waals surface area contributed by atoms with E-state index in [0.717, 1.165) is 64.5 Å². The zero-order chi connectivity index (χ0) is 23.9. The van der Waals surface area contributed by atoms with Crippen LogP contribution >= 0.6 is 0 Å². The summed E-state index contributed by atoms with van der Waals surface area (Å²) in [5, 5.41) is 12.4. The fourth-order valence-electron chi connectivity index (χ4n) is 4.63. The second kappa shape index (κ2) is 11.4. The first kappa shape index (κ1) is 24.0. The topological polar surface area (TPSA) is 91.3 Å². The second-order valence-corrected chi connectivity index (χ2v) is 8.89. The standard InChI is InChI=1S/C26H33N3O5/c1-33-22-5-2-20(3-6-22)25(30)27-23-18-21(26(31)32)4-7-24(23)29-12-9-19(10-13-29)8-11-28-14-16-34-17-15-28/h2-7,18-19H,8-17H2,1H3,(H,27,30)(H,31,32). The molecule has 34 heavy (non-hydrogen) atoms. The Labute approximate surface area is 200 Å². The first-order valence-corrected chi connectivity index (χ1v) is 11.9. The van der Waals surface area contributed by atoms with Gasteiger partial charge in [-0.05, 0) is 74.2 Å². The first-order valence-electron chi connectivity index (χ1n) is 11.9. The number of ether oxygens (including phenoxy) is 2. The van der Waals surface area contributed by atoms with Gasteiger partial charge in [-0.3, -0.25) is 9.69 Å². The van der Waals surface area contributed by atoms with Crippen molar-refractivity contribution < 1.29 is 24.2 Å². The molecular formula is C26H33N3O5. The molecule has 1 amide bonds. The molecule has 2 aliphatic rings. The molecule has 2 saturated heterocycles. The summed E-state index contributed by atoms with van der Waals surface area (Å²) in [6.45, 7) is 6.57. The normalized spacial score (nSPS) is 17.4. The van der Waals surface area contributed by atoms with Gasteiger partial charge in [0.05, 0.1) is 37.3 Å². The summed E-state index contributed by atoms with van der Waals surface area (Å²) in [6.07, 6.45) is 3.35. The van der Waals surface area contributed by atoms with Gasteiger partial charge in [0.25, 0.3) is 5.91 Å². The summed E-state index contributed by atoms with van der Waals surface area (Å²) in [5.74, 6) is 0.0384. The molecule has 2 aliphatic heterocycles. The van der Waals surface area contributed by atoms with Gasteiger partial charge in [0.1, 0.15) is 5.75 Å². The van der Waals surface area contributed by atoms with E-state index in [1.807, 2.05) is 0 Å². The Morgan fingerprint density at radius 2 is 1.71 bits per heavy atom. The van der Waals surface area contributed by atoms with Crippen LogP contribution in [-0.2, 0) is 4.74 Å². The molecule has 8 nitrogen and oxygen atoms in total. The number of hydrogen-bond donors (Lipinski definition) is 2. The summed E-state index contributed by atoms with van der Waals surface area (Å²) < 4.78 is 10.6. The summed E-state index contributed by atoms with van der Waals surface area (Å²) in [5.41, 5.74) is 2.01. The van der Waals surface area contributed by atoms with Crippen molar-refractivity contribution in [3.63, 3.8) is 0 Å². The minimum absolute atomic E-state index is 0.147. The number of carboxylic acids is 1. The van der Waals surface area contributed by atoms with E-state index in [0.29, 0.717) is 22.9 Å². The molecule has 182 valence electrons. The minimum atomic E-state index is -1.02. The number of benzene rings is 2. The van der Waals surface area contributed by atoms with Gasteiger partial charge in [0.15, 0.2) is 0 Å². The van der Waals surface area contributed by atoms with Crippen molar-refractivity contribution >= 4 is 23.3 Å². The van der Waals surface area contributed by atoms with E-state index in [1.165, 1.54) is 6.42 Å². The largest absolute Gasteiger partial charge is 0.497 e. The van der Waals surface area contributed by atoms with Gasteiger partial charge in [-0.15, -0.1) is 0 Å². The molecule has 4 rings (SSSR count). The molecule has 0 aliphatic carbocycles. The molecule has 0 spiro atoms. The highest BCUT2D eigenvalue weighted by molar-refractivity contribution is 6.06. The van der Waals surface area contributed by atoms with Crippen LogP contribution < -0.4 is 15.0 Å². The summed E-state index contributed by atoms with van der Waals surface area (Å²) >= 11 is 0. The Hall–Kier alpha value is -3.10. The predicted octanol–water partition coefficient (Wildman–Crippen LogP) is 3.58. The number of nitrogens with zero attached hydrogens (tertiary/aromatic N) is 2. The highest BCUT2D eigenvalue weighted by atomic mass is 16.5. The van der Waals surface area contributed by atoms with E-state index in [2.05, 4.69) is 15.1 Å². The second-order valence-electron chi connectivity index (χ2n) is 8.89. The molecule has 0 bridgehead atoms. The van der Waals surface area contributed by atoms with Crippen LogP contribution in [0.4, 0.5) is 11.4 Å². The number of morpholine rings is 1. The molecule has 2 fully saturated rings. The summed E-state index contributed by atoms with van der Waals surface area (Å²) in [7, 11) is 1.57. The van der Waals surface area contributed by atoms with Gasteiger partial charge in [0.2, 0.25) is 0 Å². The van der Waals surface area contributed by atoms with E-state index in [4.69, 9.17) is 9.47 Å². The van der Waals surface area contributed by atoms with Crippen molar-refractivity contribution in [2.75, 3.05) is 63.3 Å². The van der Waals surface area contributed by atoms with Crippen molar-refractivity contribution in [2.45, 2.75) is 19.3 Å². The maximum atomic E-state index is 12.9. The minimum Gasteiger partial charge on any atom is -0.497 e. The van der Waals surface area contributed by atoms with Crippen molar-refractivity contribution in [3.05, 3.63) is 53.6 Å². The molecular weight excluding hydrogens is 434 g/mol. The third-order valence-electron chi connectivity index (χ3n) is 6.76. The number of amides is 1. The molecule has 2 aromatic carbocycles. The Morgan fingerprint density at radius 3 is 2.35 bits per heavy atom. The number of piperidine rings is 1. The number of carbonyl (C=O) groups is 2. The summed E-state index contributed by atoms with van der Waals surface area (Å²) in [6, 6.07) is 11.8. The third kappa shape index (κ3) is 6.07. The maximum absolute atomic E-state index is 12.9. The van der Waals surface area contributed by atoms with Gasteiger partial charge >= 0.3 is 5.97 Å². The average molecular weight is 468 g/mol. The molecule has 2 heterocycles. The molecule has 0 unspecified atom stereocenters. The Morgan fingerprint density at radius 1 is 1.03 bits per heavy atom. The lowest BCUT2D eigenvalue weighted by Gasteiger charge is -2.36. The highest BCUT2D eigenvalue weighted by Crippen LogP contribution is 2.32. The smallest absolute Gasteiger partial charge is 0.335 e. The van der Waals surface area contributed by atoms with Crippen LogP contribution in [0.15, 0.2) is 42.5 Å². The van der Waals surface area contributed by atoms with Crippen molar-refractivity contribution in [1.29, 1.82) is 0 Å².